The standard InChI is InChI=1S/2C11H9N3O.ClH/c1-7-6-10-14(13-7)9-5-3-2-4-8(9)11(12)15-10;1-8-6-11(15)14(13-8)10-5-3-2-4-9(10)7-12;/h2-6,12H,1H3;2-5H,6H2,1H3;1H. The summed E-state index contributed by atoms with van der Waals surface area (Å²) in [6.45, 7) is 3.70. The molecule has 1 N–H and O–H groups in total. The van der Waals surface area contributed by atoms with Gasteiger partial charge in [-0.25, -0.2) is 0 Å². The molecule has 0 saturated carbocycles. The number of aryl methyl sites for hydroxylation is 1. The van der Waals surface area contributed by atoms with E-state index in [4.69, 9.17) is 15.1 Å². The quantitative estimate of drug-likeness (QED) is 0.488. The number of hydrogen-bond acceptors (Lipinski definition) is 6. The maximum absolute atomic E-state index is 11.6. The van der Waals surface area contributed by atoms with E-state index in [9.17, 15) is 4.79 Å². The predicted octanol–water partition coefficient (Wildman–Crippen LogP) is 3.96. The molecule has 9 heteroatoms. The molecule has 0 saturated heterocycles. The minimum Gasteiger partial charge on any atom is -0.420 e. The molecule has 2 aromatic heterocycles. The van der Waals surface area contributed by atoms with Gasteiger partial charge in [-0.1, -0.05) is 24.3 Å². The number of benzene rings is 2. The van der Waals surface area contributed by atoms with Crippen molar-refractivity contribution in [3.63, 3.8) is 0 Å². The van der Waals surface area contributed by atoms with Crippen LogP contribution in [0, 0.1) is 23.7 Å². The molecule has 0 spiro atoms. The number of halogens is 1. The number of nitrogens with one attached hydrogen (secondary N) is 1. The number of fused-ring (bicyclic) bond motifs is 3. The number of anilines is 1. The van der Waals surface area contributed by atoms with E-state index in [-0.39, 0.29) is 23.9 Å². The van der Waals surface area contributed by atoms with E-state index in [1.807, 2.05) is 43.3 Å². The number of para-hydroxylation sites is 2. The summed E-state index contributed by atoms with van der Waals surface area (Å²) in [4.78, 5) is 11.6. The first-order chi connectivity index (χ1) is 14.5. The summed E-state index contributed by atoms with van der Waals surface area (Å²) in [5.41, 5.74) is 4.36. The third-order valence-electron chi connectivity index (χ3n) is 4.55. The van der Waals surface area contributed by atoms with Crippen molar-refractivity contribution in [2.24, 2.45) is 5.10 Å². The summed E-state index contributed by atoms with van der Waals surface area (Å²) in [6, 6.07) is 18.4. The third kappa shape index (κ3) is 4.17. The number of hydrogen-bond donors (Lipinski definition) is 1. The van der Waals surface area contributed by atoms with E-state index >= 15 is 0 Å². The highest BCUT2D eigenvalue weighted by Crippen LogP contribution is 2.24. The summed E-state index contributed by atoms with van der Waals surface area (Å²) >= 11 is 0. The Morgan fingerprint density at radius 1 is 1.13 bits per heavy atom. The molecule has 31 heavy (non-hydrogen) atoms. The summed E-state index contributed by atoms with van der Waals surface area (Å²) in [5, 5.41) is 27.1. The monoisotopic (exact) mass is 434 g/mol. The lowest BCUT2D eigenvalue weighted by atomic mass is 10.2. The highest BCUT2D eigenvalue weighted by molar-refractivity contribution is 6.12. The molecule has 0 radical (unpaired) electrons. The lowest BCUT2D eigenvalue weighted by Gasteiger charge is -2.12. The van der Waals surface area contributed by atoms with Gasteiger partial charge in [0, 0.05) is 11.8 Å². The Morgan fingerprint density at radius 2 is 1.84 bits per heavy atom. The Bertz CT molecular complexity index is 1410. The second kappa shape index (κ2) is 8.81. The number of carbonyl (C=O) groups excluding carboxylic acids is 1. The number of hydrazone groups is 1. The summed E-state index contributed by atoms with van der Waals surface area (Å²) in [7, 11) is 0. The third-order valence-corrected chi connectivity index (χ3v) is 4.55. The first-order valence-electron chi connectivity index (χ1n) is 9.27. The zero-order chi connectivity index (χ0) is 21.3. The molecule has 0 aliphatic carbocycles. The van der Waals surface area contributed by atoms with Gasteiger partial charge in [0.2, 0.25) is 11.3 Å². The topological polar surface area (TPSA) is 111 Å². The molecule has 3 heterocycles. The second-order valence-corrected chi connectivity index (χ2v) is 6.83. The number of nitriles is 1. The molecule has 0 fully saturated rings. The van der Waals surface area contributed by atoms with Crippen molar-refractivity contribution in [3.8, 4) is 6.07 Å². The van der Waals surface area contributed by atoms with Crippen LogP contribution in [0.25, 0.3) is 16.6 Å². The SMILES string of the molecule is CC1=NN(c2ccccc2C#N)C(=O)C1.Cc1cc2oc(=N)c3ccccc3n2n1.Cl. The van der Waals surface area contributed by atoms with Gasteiger partial charge in [0.15, 0.2) is 0 Å². The molecular weight excluding hydrogens is 416 g/mol. The fourth-order valence-corrected chi connectivity index (χ4v) is 3.23. The number of rotatable bonds is 1. The zero-order valence-corrected chi connectivity index (χ0v) is 17.7. The highest BCUT2D eigenvalue weighted by atomic mass is 35.5. The Kier molecular flexibility index (Phi) is 6.18. The molecular formula is C22H19ClN6O2. The first kappa shape index (κ1) is 21.7. The lowest BCUT2D eigenvalue weighted by Crippen LogP contribution is -2.20. The van der Waals surface area contributed by atoms with Crippen LogP contribution in [-0.4, -0.2) is 21.2 Å². The van der Waals surface area contributed by atoms with E-state index in [0.717, 1.165) is 22.3 Å². The fourth-order valence-electron chi connectivity index (χ4n) is 3.23. The van der Waals surface area contributed by atoms with Crippen molar-refractivity contribution in [3.05, 3.63) is 71.4 Å². The average Bonchev–Trinajstić information content (AvgIpc) is 3.29. The van der Waals surface area contributed by atoms with E-state index in [0.29, 0.717) is 23.4 Å². The summed E-state index contributed by atoms with van der Waals surface area (Å²) in [5.74, 6) is -0.0878. The number of amides is 1. The van der Waals surface area contributed by atoms with E-state index in [1.54, 1.807) is 35.7 Å². The van der Waals surface area contributed by atoms with Gasteiger partial charge >= 0.3 is 0 Å². The lowest BCUT2D eigenvalue weighted by molar-refractivity contribution is -0.116. The molecule has 0 unspecified atom stereocenters. The van der Waals surface area contributed by atoms with E-state index < -0.39 is 0 Å². The fraction of sp³-hybridized carbons (Fsp3) is 0.136. The van der Waals surface area contributed by atoms with Gasteiger partial charge in [-0.2, -0.15) is 25.0 Å². The van der Waals surface area contributed by atoms with Crippen LogP contribution in [0.5, 0.6) is 0 Å². The molecule has 5 rings (SSSR count). The van der Waals surface area contributed by atoms with Crippen molar-refractivity contribution in [2.75, 3.05) is 5.01 Å². The number of nitrogens with zero attached hydrogens (tertiary/aromatic N) is 5. The van der Waals surface area contributed by atoms with E-state index in [2.05, 4.69) is 10.2 Å². The minimum absolute atomic E-state index is 0. The van der Waals surface area contributed by atoms with Gasteiger partial charge < -0.3 is 4.42 Å². The molecule has 1 amide bonds. The van der Waals surface area contributed by atoms with Crippen LogP contribution in [-0.2, 0) is 4.79 Å². The molecule has 0 atom stereocenters. The average molecular weight is 435 g/mol. The van der Waals surface area contributed by atoms with E-state index in [1.165, 1.54) is 5.01 Å². The van der Waals surface area contributed by atoms with Crippen LogP contribution in [0.15, 0.2) is 64.1 Å². The molecule has 156 valence electrons. The predicted molar refractivity (Wildman–Crippen MR) is 119 cm³/mol. The molecule has 0 bridgehead atoms. The molecule has 8 nitrogen and oxygen atoms in total. The Hall–Kier alpha value is -3.96. The molecule has 1 aliphatic rings. The Balaban J connectivity index is 0.000000170. The van der Waals surface area contributed by atoms with Crippen LogP contribution < -0.4 is 10.6 Å². The van der Waals surface area contributed by atoms with Crippen LogP contribution in [0.1, 0.15) is 24.6 Å². The Morgan fingerprint density at radius 3 is 2.55 bits per heavy atom. The molecule has 1 aliphatic heterocycles. The van der Waals surface area contributed by atoms with Gasteiger partial charge in [0.05, 0.1) is 34.3 Å². The van der Waals surface area contributed by atoms with Gasteiger partial charge in [0.1, 0.15) is 6.07 Å². The minimum atomic E-state index is -0.0878. The van der Waals surface area contributed by atoms with Crippen molar-refractivity contribution in [2.45, 2.75) is 20.3 Å². The van der Waals surface area contributed by atoms with Gasteiger partial charge in [-0.05, 0) is 38.1 Å². The van der Waals surface area contributed by atoms with Gasteiger partial charge in [-0.15, -0.1) is 12.4 Å². The largest absolute Gasteiger partial charge is 0.420 e. The highest BCUT2D eigenvalue weighted by Gasteiger charge is 2.24. The van der Waals surface area contributed by atoms with Crippen LogP contribution in [0.2, 0.25) is 0 Å². The van der Waals surface area contributed by atoms with Crippen LogP contribution in [0.4, 0.5) is 5.69 Å². The van der Waals surface area contributed by atoms with Gasteiger partial charge in [0.25, 0.3) is 5.91 Å². The number of carbonyl (C=O) groups is 1. The summed E-state index contributed by atoms with van der Waals surface area (Å²) < 4.78 is 7.09. The maximum atomic E-state index is 11.6. The maximum Gasteiger partial charge on any atom is 0.253 e. The second-order valence-electron chi connectivity index (χ2n) is 6.83. The van der Waals surface area contributed by atoms with Crippen LogP contribution >= 0.6 is 12.4 Å². The summed E-state index contributed by atoms with van der Waals surface area (Å²) in [6.07, 6.45) is 0.333. The smallest absolute Gasteiger partial charge is 0.253 e. The van der Waals surface area contributed by atoms with Crippen LogP contribution in [0.3, 0.4) is 0 Å². The van der Waals surface area contributed by atoms with Crippen molar-refractivity contribution < 1.29 is 9.21 Å². The first-order valence-corrected chi connectivity index (χ1v) is 9.27. The number of aromatic nitrogens is 2. The Labute approximate surface area is 183 Å². The molecule has 4 aromatic rings. The normalized spacial score (nSPS) is 12.7. The molecule has 2 aromatic carbocycles. The van der Waals surface area contributed by atoms with Gasteiger partial charge in [-0.3, -0.25) is 10.2 Å². The zero-order valence-electron chi connectivity index (χ0n) is 16.9. The van der Waals surface area contributed by atoms with Crippen molar-refractivity contribution in [1.82, 2.24) is 9.61 Å². The van der Waals surface area contributed by atoms with Crippen molar-refractivity contribution in [1.29, 1.82) is 10.7 Å². The van der Waals surface area contributed by atoms with Crippen molar-refractivity contribution >= 4 is 46.3 Å².